The summed E-state index contributed by atoms with van der Waals surface area (Å²) in [5.41, 5.74) is 1.46. The third-order valence-corrected chi connectivity index (χ3v) is 6.42. The summed E-state index contributed by atoms with van der Waals surface area (Å²) < 4.78 is 12.9. The first kappa shape index (κ1) is 23.7. The SMILES string of the molecule is COc1cc(Cl)c(C)cc1NC(=O)[C@@H](C)Sc1nnc(N2CCOCC2)n1CC(C)C. The Bertz CT molecular complexity index is 915. The van der Waals surface area contributed by atoms with Crippen LogP contribution in [0.4, 0.5) is 11.6 Å². The number of benzene rings is 1. The molecule has 1 amide bonds. The molecule has 0 aliphatic carbocycles. The maximum atomic E-state index is 12.9. The quantitative estimate of drug-likeness (QED) is 0.590. The molecule has 1 aromatic heterocycles. The lowest BCUT2D eigenvalue weighted by Gasteiger charge is -2.28. The second-order valence-electron chi connectivity index (χ2n) is 7.94. The van der Waals surface area contributed by atoms with Crippen molar-refractivity contribution in [2.24, 2.45) is 5.92 Å². The first-order valence-corrected chi connectivity index (χ1v) is 11.6. The van der Waals surface area contributed by atoms with E-state index in [1.807, 2.05) is 19.9 Å². The van der Waals surface area contributed by atoms with Gasteiger partial charge in [0.05, 0.1) is 31.3 Å². The maximum Gasteiger partial charge on any atom is 0.237 e. The minimum absolute atomic E-state index is 0.142. The monoisotopic (exact) mass is 467 g/mol. The second kappa shape index (κ2) is 10.6. The summed E-state index contributed by atoms with van der Waals surface area (Å²) in [6, 6.07) is 3.52. The van der Waals surface area contributed by atoms with Gasteiger partial charge in [-0.1, -0.05) is 37.2 Å². The summed E-state index contributed by atoms with van der Waals surface area (Å²) in [4.78, 5) is 15.1. The number of thioether (sulfide) groups is 1. The number of hydrogen-bond acceptors (Lipinski definition) is 7. The van der Waals surface area contributed by atoms with Crippen LogP contribution in [-0.2, 0) is 16.1 Å². The van der Waals surface area contributed by atoms with Gasteiger partial charge in [-0.05, 0) is 31.4 Å². The smallest absolute Gasteiger partial charge is 0.237 e. The van der Waals surface area contributed by atoms with Crippen molar-refractivity contribution in [1.29, 1.82) is 0 Å². The number of aryl methyl sites for hydroxylation is 1. The molecule has 1 aliphatic rings. The van der Waals surface area contributed by atoms with Gasteiger partial charge in [-0.15, -0.1) is 10.2 Å². The summed E-state index contributed by atoms with van der Waals surface area (Å²) in [5, 5.41) is 12.7. The van der Waals surface area contributed by atoms with Crippen molar-refractivity contribution < 1.29 is 14.3 Å². The lowest BCUT2D eigenvalue weighted by atomic mass is 10.2. The number of rotatable bonds is 8. The zero-order valence-electron chi connectivity index (χ0n) is 18.6. The topological polar surface area (TPSA) is 81.5 Å². The van der Waals surface area contributed by atoms with E-state index in [-0.39, 0.29) is 11.2 Å². The van der Waals surface area contributed by atoms with Crippen molar-refractivity contribution in [2.75, 3.05) is 43.6 Å². The van der Waals surface area contributed by atoms with Gasteiger partial charge in [0.2, 0.25) is 11.9 Å². The fourth-order valence-electron chi connectivity index (χ4n) is 3.27. The van der Waals surface area contributed by atoms with Crippen LogP contribution in [0.5, 0.6) is 5.75 Å². The van der Waals surface area contributed by atoms with Crippen LogP contribution >= 0.6 is 23.4 Å². The Morgan fingerprint density at radius 2 is 2.00 bits per heavy atom. The molecule has 0 radical (unpaired) electrons. The van der Waals surface area contributed by atoms with E-state index >= 15 is 0 Å². The van der Waals surface area contributed by atoms with Gasteiger partial charge >= 0.3 is 0 Å². The van der Waals surface area contributed by atoms with Gasteiger partial charge in [-0.2, -0.15) is 0 Å². The van der Waals surface area contributed by atoms with E-state index in [0.717, 1.165) is 36.3 Å². The number of nitrogens with one attached hydrogen (secondary N) is 1. The summed E-state index contributed by atoms with van der Waals surface area (Å²) in [7, 11) is 1.55. The highest BCUT2D eigenvalue weighted by Crippen LogP contribution is 2.32. The van der Waals surface area contributed by atoms with Crippen molar-refractivity contribution in [2.45, 2.75) is 44.6 Å². The van der Waals surface area contributed by atoms with E-state index in [9.17, 15) is 4.79 Å². The summed E-state index contributed by atoms with van der Waals surface area (Å²) in [6.07, 6.45) is 0. The van der Waals surface area contributed by atoms with E-state index in [1.165, 1.54) is 11.8 Å². The lowest BCUT2D eigenvalue weighted by molar-refractivity contribution is -0.115. The molecule has 1 aliphatic heterocycles. The Labute approximate surface area is 192 Å². The number of amides is 1. The summed E-state index contributed by atoms with van der Waals surface area (Å²) in [6.45, 7) is 11.8. The minimum atomic E-state index is -0.381. The van der Waals surface area contributed by atoms with Crippen LogP contribution in [0.2, 0.25) is 5.02 Å². The van der Waals surface area contributed by atoms with Crippen LogP contribution in [0.25, 0.3) is 0 Å². The molecule has 0 bridgehead atoms. The molecule has 2 aromatic rings. The van der Waals surface area contributed by atoms with Crippen LogP contribution < -0.4 is 15.0 Å². The van der Waals surface area contributed by atoms with E-state index in [1.54, 1.807) is 13.2 Å². The third-order valence-electron chi connectivity index (χ3n) is 4.93. The van der Waals surface area contributed by atoms with Crippen LogP contribution in [0.1, 0.15) is 26.3 Å². The normalized spacial score (nSPS) is 15.3. The molecule has 1 N–H and O–H groups in total. The molecule has 8 nitrogen and oxygen atoms in total. The third kappa shape index (κ3) is 5.84. The number of carbonyl (C=O) groups excluding carboxylic acids is 1. The Kier molecular flexibility index (Phi) is 8.07. The Morgan fingerprint density at radius 3 is 2.65 bits per heavy atom. The molecule has 10 heteroatoms. The predicted octanol–water partition coefficient (Wildman–Crippen LogP) is 3.86. The molecule has 1 atom stereocenters. The Morgan fingerprint density at radius 1 is 1.29 bits per heavy atom. The molecule has 0 spiro atoms. The van der Waals surface area contributed by atoms with Crippen molar-refractivity contribution in [3.8, 4) is 5.75 Å². The van der Waals surface area contributed by atoms with Crippen LogP contribution in [-0.4, -0.2) is 59.3 Å². The molecule has 0 saturated carbocycles. The maximum absolute atomic E-state index is 12.9. The van der Waals surface area contributed by atoms with Crippen molar-refractivity contribution in [3.63, 3.8) is 0 Å². The highest BCUT2D eigenvalue weighted by molar-refractivity contribution is 8.00. The predicted molar refractivity (Wildman–Crippen MR) is 125 cm³/mol. The summed E-state index contributed by atoms with van der Waals surface area (Å²) in [5.74, 6) is 1.64. The number of methoxy groups -OCH3 is 1. The van der Waals surface area contributed by atoms with Crippen LogP contribution in [0.15, 0.2) is 17.3 Å². The molecule has 170 valence electrons. The van der Waals surface area contributed by atoms with Gasteiger partial charge in [0.15, 0.2) is 5.16 Å². The summed E-state index contributed by atoms with van der Waals surface area (Å²) >= 11 is 7.57. The highest BCUT2D eigenvalue weighted by Gasteiger charge is 2.25. The van der Waals surface area contributed by atoms with Gasteiger partial charge in [0.1, 0.15) is 5.75 Å². The zero-order valence-corrected chi connectivity index (χ0v) is 20.2. The molecular weight excluding hydrogens is 438 g/mol. The van der Waals surface area contributed by atoms with Gasteiger partial charge in [0.25, 0.3) is 0 Å². The number of ether oxygens (including phenoxy) is 2. The van der Waals surface area contributed by atoms with Crippen molar-refractivity contribution >= 4 is 40.9 Å². The number of aromatic nitrogens is 3. The number of halogens is 1. The molecule has 1 aromatic carbocycles. The average molecular weight is 468 g/mol. The van der Waals surface area contributed by atoms with Crippen molar-refractivity contribution in [3.05, 3.63) is 22.7 Å². The van der Waals surface area contributed by atoms with Crippen LogP contribution in [0, 0.1) is 12.8 Å². The molecule has 1 saturated heterocycles. The first-order chi connectivity index (χ1) is 14.8. The molecule has 2 heterocycles. The first-order valence-electron chi connectivity index (χ1n) is 10.4. The average Bonchev–Trinajstić information content (AvgIpc) is 3.12. The van der Waals surface area contributed by atoms with E-state index in [0.29, 0.717) is 35.6 Å². The molecule has 31 heavy (non-hydrogen) atoms. The minimum Gasteiger partial charge on any atom is -0.495 e. The van der Waals surface area contributed by atoms with Gasteiger partial charge in [0, 0.05) is 30.7 Å². The fraction of sp³-hybridized carbons (Fsp3) is 0.571. The van der Waals surface area contributed by atoms with E-state index < -0.39 is 0 Å². The van der Waals surface area contributed by atoms with Gasteiger partial charge in [-0.3, -0.25) is 9.36 Å². The Balaban J connectivity index is 1.76. The van der Waals surface area contributed by atoms with Gasteiger partial charge < -0.3 is 19.7 Å². The van der Waals surface area contributed by atoms with Crippen LogP contribution in [0.3, 0.4) is 0 Å². The number of carbonyl (C=O) groups is 1. The largest absolute Gasteiger partial charge is 0.495 e. The standard InChI is InChI=1S/C21H30ClN5O3S/c1-13(2)12-27-20(26-6-8-30-9-7-26)24-25-21(27)31-15(4)19(28)23-17-10-14(3)16(22)11-18(17)29-5/h10-11,13,15H,6-9,12H2,1-5H3,(H,23,28)/t15-/m1/s1. The number of anilines is 2. The lowest BCUT2D eigenvalue weighted by Crippen LogP contribution is -2.38. The molecule has 3 rings (SSSR count). The fourth-order valence-corrected chi connectivity index (χ4v) is 4.27. The highest BCUT2D eigenvalue weighted by atomic mass is 35.5. The Hall–Kier alpha value is -1.97. The number of morpholine rings is 1. The van der Waals surface area contributed by atoms with E-state index in [2.05, 4.69) is 38.8 Å². The molecular formula is C21H30ClN5O3S. The number of hydrogen-bond donors (Lipinski definition) is 1. The zero-order chi connectivity index (χ0) is 22.5. The second-order valence-corrected chi connectivity index (χ2v) is 9.65. The van der Waals surface area contributed by atoms with Gasteiger partial charge in [-0.25, -0.2) is 0 Å². The van der Waals surface area contributed by atoms with E-state index in [4.69, 9.17) is 21.1 Å². The van der Waals surface area contributed by atoms with Crippen molar-refractivity contribution in [1.82, 2.24) is 14.8 Å². The number of nitrogens with zero attached hydrogens (tertiary/aromatic N) is 4. The molecule has 1 fully saturated rings. The molecule has 0 unspecified atom stereocenters.